The van der Waals surface area contributed by atoms with E-state index < -0.39 is 5.97 Å². The number of ether oxygens (including phenoxy) is 2. The van der Waals surface area contributed by atoms with E-state index in [4.69, 9.17) is 26.8 Å². The van der Waals surface area contributed by atoms with Crippen LogP contribution in [-0.2, 0) is 4.74 Å². The highest BCUT2D eigenvalue weighted by Gasteiger charge is 2.20. The van der Waals surface area contributed by atoms with Gasteiger partial charge in [0.1, 0.15) is 10.6 Å². The van der Waals surface area contributed by atoms with E-state index in [9.17, 15) is 4.79 Å². The zero-order chi connectivity index (χ0) is 15.7. The van der Waals surface area contributed by atoms with Crippen molar-refractivity contribution in [3.63, 3.8) is 0 Å². The van der Waals surface area contributed by atoms with Crippen molar-refractivity contribution in [1.29, 1.82) is 0 Å². The van der Waals surface area contributed by atoms with E-state index in [1.54, 1.807) is 36.7 Å². The summed E-state index contributed by atoms with van der Waals surface area (Å²) in [6.45, 7) is 0. The summed E-state index contributed by atoms with van der Waals surface area (Å²) in [7, 11) is 1.32. The molecular formula is C15H11ClN2O3S. The Hall–Kier alpha value is -2.31. The Bertz CT molecular complexity index is 846. The van der Waals surface area contributed by atoms with Crippen LogP contribution < -0.4 is 10.5 Å². The maximum Gasteiger partial charge on any atom is 0.350 e. The van der Waals surface area contributed by atoms with Crippen molar-refractivity contribution >= 4 is 44.7 Å². The van der Waals surface area contributed by atoms with Crippen LogP contribution in [0.5, 0.6) is 11.5 Å². The molecule has 0 unspecified atom stereocenters. The number of nitrogens with two attached hydrogens (primary N) is 1. The Labute approximate surface area is 135 Å². The molecule has 112 valence electrons. The van der Waals surface area contributed by atoms with Crippen LogP contribution in [0.2, 0.25) is 5.02 Å². The summed E-state index contributed by atoms with van der Waals surface area (Å²) in [6.07, 6.45) is 3.19. The second kappa shape index (κ2) is 5.82. The van der Waals surface area contributed by atoms with E-state index in [2.05, 4.69) is 4.98 Å². The molecule has 0 saturated carbocycles. The van der Waals surface area contributed by atoms with Crippen LogP contribution in [0.15, 0.2) is 36.7 Å². The Morgan fingerprint density at radius 3 is 2.68 bits per heavy atom. The van der Waals surface area contributed by atoms with Crippen molar-refractivity contribution in [2.45, 2.75) is 0 Å². The van der Waals surface area contributed by atoms with Crippen molar-refractivity contribution in [1.82, 2.24) is 4.98 Å². The highest BCUT2D eigenvalue weighted by atomic mass is 35.5. The summed E-state index contributed by atoms with van der Waals surface area (Å²) in [5.74, 6) is 0.601. The largest absolute Gasteiger partial charge is 0.465 e. The van der Waals surface area contributed by atoms with Gasteiger partial charge in [-0.05, 0) is 24.3 Å². The molecule has 1 aromatic carbocycles. The first-order valence-electron chi connectivity index (χ1n) is 6.28. The molecule has 3 aromatic rings. The number of carbonyl (C=O) groups is 1. The smallest absolute Gasteiger partial charge is 0.350 e. The molecule has 0 aliphatic carbocycles. The molecule has 5 nitrogen and oxygen atoms in total. The summed E-state index contributed by atoms with van der Waals surface area (Å²) in [5, 5.41) is 1.27. The average molecular weight is 335 g/mol. The van der Waals surface area contributed by atoms with Crippen molar-refractivity contribution in [3.8, 4) is 11.5 Å². The van der Waals surface area contributed by atoms with Crippen LogP contribution >= 0.6 is 22.9 Å². The van der Waals surface area contributed by atoms with Crippen LogP contribution in [0.25, 0.3) is 10.1 Å². The lowest BCUT2D eigenvalue weighted by molar-refractivity contribution is 0.0607. The van der Waals surface area contributed by atoms with Gasteiger partial charge >= 0.3 is 5.97 Å². The van der Waals surface area contributed by atoms with Gasteiger partial charge in [0, 0.05) is 11.2 Å². The third-order valence-corrected chi connectivity index (χ3v) is 4.39. The van der Waals surface area contributed by atoms with Crippen LogP contribution in [0.4, 0.5) is 5.69 Å². The summed E-state index contributed by atoms with van der Waals surface area (Å²) in [5.41, 5.74) is 6.41. The minimum atomic E-state index is -0.476. The number of hydrogen-bond donors (Lipinski definition) is 1. The molecule has 0 spiro atoms. The number of aromatic nitrogens is 1. The predicted molar refractivity (Wildman–Crippen MR) is 86.9 cm³/mol. The van der Waals surface area contributed by atoms with Crippen molar-refractivity contribution in [3.05, 3.63) is 46.6 Å². The second-order valence-corrected chi connectivity index (χ2v) is 5.89. The first kappa shape index (κ1) is 14.6. The lowest BCUT2D eigenvalue weighted by Crippen LogP contribution is -2.01. The van der Waals surface area contributed by atoms with Crippen molar-refractivity contribution in [2.24, 2.45) is 0 Å². The van der Waals surface area contributed by atoms with Gasteiger partial charge in [-0.25, -0.2) is 4.79 Å². The maximum absolute atomic E-state index is 11.7. The number of halogens is 1. The fraction of sp³-hybridized carbons (Fsp3) is 0.0667. The number of anilines is 1. The number of thiophene rings is 1. The number of esters is 1. The number of nitrogens with zero attached hydrogens (tertiary/aromatic N) is 1. The maximum atomic E-state index is 11.7. The lowest BCUT2D eigenvalue weighted by atomic mass is 10.2. The minimum Gasteiger partial charge on any atom is -0.465 e. The molecule has 2 heterocycles. The van der Waals surface area contributed by atoms with E-state index >= 15 is 0 Å². The molecule has 3 rings (SSSR count). The SMILES string of the molecule is COC(=O)c1sc2cncc(Oc3ccc(Cl)cc3)c2c1N. The molecule has 0 atom stereocenters. The zero-order valence-electron chi connectivity index (χ0n) is 11.5. The minimum absolute atomic E-state index is 0.332. The summed E-state index contributed by atoms with van der Waals surface area (Å²) in [4.78, 5) is 16.2. The number of nitrogen functional groups attached to an aromatic ring is 1. The average Bonchev–Trinajstić information content (AvgIpc) is 2.87. The van der Waals surface area contributed by atoms with Gasteiger partial charge in [-0.2, -0.15) is 0 Å². The highest BCUT2D eigenvalue weighted by molar-refractivity contribution is 7.21. The van der Waals surface area contributed by atoms with Crippen LogP contribution in [0, 0.1) is 0 Å². The number of benzene rings is 1. The zero-order valence-corrected chi connectivity index (χ0v) is 13.1. The van der Waals surface area contributed by atoms with Gasteiger partial charge in [0.05, 0.1) is 29.1 Å². The molecular weight excluding hydrogens is 324 g/mol. The molecule has 0 aliphatic rings. The third-order valence-electron chi connectivity index (χ3n) is 3.01. The first-order chi connectivity index (χ1) is 10.6. The number of pyridine rings is 1. The van der Waals surface area contributed by atoms with Gasteiger partial charge in [-0.15, -0.1) is 11.3 Å². The highest BCUT2D eigenvalue weighted by Crippen LogP contribution is 2.40. The predicted octanol–water partition coefficient (Wildman–Crippen LogP) is 4.11. The van der Waals surface area contributed by atoms with E-state index in [-0.39, 0.29) is 0 Å². The standard InChI is InChI=1S/C15H11ClN2O3S/c1-20-15(19)14-13(17)12-10(6-18-7-11(12)22-14)21-9-4-2-8(16)3-5-9/h2-7H,17H2,1H3. The van der Waals surface area contributed by atoms with E-state index in [1.165, 1.54) is 18.4 Å². The Kier molecular flexibility index (Phi) is 3.87. The van der Waals surface area contributed by atoms with Crippen LogP contribution in [0.1, 0.15) is 9.67 Å². The molecule has 7 heteroatoms. The van der Waals surface area contributed by atoms with Crippen molar-refractivity contribution in [2.75, 3.05) is 12.8 Å². The van der Waals surface area contributed by atoms with E-state index in [0.717, 1.165) is 4.70 Å². The van der Waals surface area contributed by atoms with Gasteiger partial charge in [0.25, 0.3) is 0 Å². The van der Waals surface area contributed by atoms with Crippen molar-refractivity contribution < 1.29 is 14.3 Å². The Morgan fingerprint density at radius 2 is 2.00 bits per heavy atom. The molecule has 22 heavy (non-hydrogen) atoms. The topological polar surface area (TPSA) is 74.4 Å². The molecule has 0 bridgehead atoms. The summed E-state index contributed by atoms with van der Waals surface area (Å²) < 4.78 is 11.3. The molecule has 2 N–H and O–H groups in total. The molecule has 2 aromatic heterocycles. The van der Waals surface area contributed by atoms with Gasteiger partial charge in [-0.3, -0.25) is 4.98 Å². The number of rotatable bonds is 3. The monoisotopic (exact) mass is 334 g/mol. The van der Waals surface area contributed by atoms with Gasteiger partial charge in [0.2, 0.25) is 0 Å². The fourth-order valence-corrected chi connectivity index (χ4v) is 3.15. The molecule has 0 aliphatic heterocycles. The molecule has 0 radical (unpaired) electrons. The Morgan fingerprint density at radius 1 is 1.27 bits per heavy atom. The number of fused-ring (bicyclic) bond motifs is 1. The van der Waals surface area contributed by atoms with Gasteiger partial charge in [0.15, 0.2) is 5.75 Å². The lowest BCUT2D eigenvalue weighted by Gasteiger charge is -2.07. The van der Waals surface area contributed by atoms with Gasteiger partial charge < -0.3 is 15.2 Å². The van der Waals surface area contributed by atoms with E-state index in [1.807, 2.05) is 0 Å². The number of carbonyl (C=O) groups excluding carboxylic acids is 1. The molecule has 0 fully saturated rings. The normalized spacial score (nSPS) is 10.6. The quantitative estimate of drug-likeness (QED) is 0.729. The summed E-state index contributed by atoms with van der Waals surface area (Å²) >= 11 is 7.07. The molecule has 0 amide bonds. The summed E-state index contributed by atoms with van der Waals surface area (Å²) in [6, 6.07) is 6.93. The number of hydrogen-bond acceptors (Lipinski definition) is 6. The fourth-order valence-electron chi connectivity index (χ4n) is 2.00. The van der Waals surface area contributed by atoms with Gasteiger partial charge in [-0.1, -0.05) is 11.6 Å². The number of methoxy groups -OCH3 is 1. The van der Waals surface area contributed by atoms with Crippen LogP contribution in [-0.4, -0.2) is 18.1 Å². The van der Waals surface area contributed by atoms with Crippen LogP contribution in [0.3, 0.4) is 0 Å². The molecule has 0 saturated heterocycles. The second-order valence-electron chi connectivity index (χ2n) is 4.40. The first-order valence-corrected chi connectivity index (χ1v) is 7.47. The Balaban J connectivity index is 2.08. The van der Waals surface area contributed by atoms with E-state index in [0.29, 0.717) is 32.5 Å². The third kappa shape index (κ3) is 2.58.